The van der Waals surface area contributed by atoms with Crippen LogP contribution in [0.3, 0.4) is 0 Å². The van der Waals surface area contributed by atoms with Crippen LogP contribution in [0.4, 0.5) is 0 Å². The van der Waals surface area contributed by atoms with Crippen molar-refractivity contribution in [3.8, 4) is 0 Å². The third kappa shape index (κ3) is 18.8. The fourth-order valence-electron chi connectivity index (χ4n) is 0.998. The Morgan fingerprint density at radius 2 is 1.17 bits per heavy atom. The SMILES string of the molecule is CC1=CC[C-]=C1.CC1=CC[C-]=C1.Cl.Cl.[CH3-].[CH3-].[SiH2]=[Ti]. The van der Waals surface area contributed by atoms with E-state index in [0.29, 0.717) is 0 Å². The van der Waals surface area contributed by atoms with Crippen LogP contribution in [0.1, 0.15) is 26.7 Å². The van der Waals surface area contributed by atoms with Crippen molar-refractivity contribution in [2.24, 2.45) is 0 Å². The first-order chi connectivity index (χ1) is 6.79. The van der Waals surface area contributed by atoms with Gasteiger partial charge in [0.05, 0.1) is 0 Å². The van der Waals surface area contributed by atoms with Crippen molar-refractivity contribution in [1.29, 1.82) is 0 Å². The van der Waals surface area contributed by atoms with Crippen molar-refractivity contribution >= 4 is 32.4 Å². The second-order valence-corrected chi connectivity index (χ2v) is 3.00. The van der Waals surface area contributed by atoms with E-state index in [1.165, 1.54) is 11.1 Å². The second kappa shape index (κ2) is 22.6. The summed E-state index contributed by atoms with van der Waals surface area (Å²) < 4.78 is 0. The molecule has 0 saturated heterocycles. The Bertz CT molecular complexity index is 248. The van der Waals surface area contributed by atoms with E-state index in [2.05, 4.69) is 38.2 Å². The van der Waals surface area contributed by atoms with Gasteiger partial charge in [0.1, 0.15) is 0 Å². The van der Waals surface area contributed by atoms with Crippen LogP contribution in [-0.4, -0.2) is 7.63 Å². The van der Waals surface area contributed by atoms with Gasteiger partial charge in [-0.1, -0.05) is 0 Å². The number of hydrogen-bond acceptors (Lipinski definition) is 0. The molecule has 0 aromatic carbocycles. The first-order valence-corrected chi connectivity index (χ1v) is 8.63. The van der Waals surface area contributed by atoms with Crippen LogP contribution in [0.2, 0.25) is 0 Å². The average Bonchev–Trinajstić information content (AvgIpc) is 2.83. The molecule has 0 aromatic rings. The zero-order valence-corrected chi connectivity index (χ0v) is 16.4. The van der Waals surface area contributed by atoms with Gasteiger partial charge >= 0.3 is 26.8 Å². The molecule has 0 amide bonds. The molecule has 0 fully saturated rings. The summed E-state index contributed by atoms with van der Waals surface area (Å²) in [4.78, 5) is 0. The number of rotatable bonds is 0. The molecule has 2 aliphatic carbocycles. The molecule has 18 heavy (non-hydrogen) atoms. The van der Waals surface area contributed by atoms with Gasteiger partial charge in [0.15, 0.2) is 0 Å². The standard InChI is InChI=1S/2C6H7.2CH3.2ClH.H2Si.Ti/c2*1-6-4-2-3-5-6;;;;;;/h2*4-5H,2H2,1H3;2*1H3;2*1H;1H2;/q4*-1;;;;. The minimum atomic E-state index is 0. The van der Waals surface area contributed by atoms with E-state index in [9.17, 15) is 0 Å². The van der Waals surface area contributed by atoms with Crippen LogP contribution in [0.15, 0.2) is 35.5 Å². The van der Waals surface area contributed by atoms with Crippen LogP contribution < -0.4 is 0 Å². The van der Waals surface area contributed by atoms with Crippen LogP contribution in [0, 0.1) is 27.0 Å². The van der Waals surface area contributed by atoms with Gasteiger partial charge in [-0.25, -0.2) is 23.3 Å². The summed E-state index contributed by atoms with van der Waals surface area (Å²) in [7, 11) is 1.86. The van der Waals surface area contributed by atoms with Crippen molar-refractivity contribution in [2.75, 3.05) is 0 Å². The topological polar surface area (TPSA) is 0 Å². The van der Waals surface area contributed by atoms with Crippen molar-refractivity contribution in [2.45, 2.75) is 26.7 Å². The summed E-state index contributed by atoms with van der Waals surface area (Å²) in [6.45, 7) is 4.17. The maximum atomic E-state index is 3.05. The fourth-order valence-corrected chi connectivity index (χ4v) is 0.998. The summed E-state index contributed by atoms with van der Waals surface area (Å²) in [5, 5.41) is 0. The number of allylic oxidation sites excluding steroid dienone is 8. The Hall–Kier alpha value is 0.471. The molecule has 0 unspecified atom stereocenters. The first kappa shape index (κ1) is 31.1. The summed E-state index contributed by atoms with van der Waals surface area (Å²) >= 11 is 2.03. The van der Waals surface area contributed by atoms with Gasteiger partial charge in [-0.2, -0.15) is 12.2 Å². The third-order valence-electron chi connectivity index (χ3n) is 1.74. The van der Waals surface area contributed by atoms with Gasteiger partial charge < -0.3 is 14.9 Å². The van der Waals surface area contributed by atoms with Gasteiger partial charge in [0, 0.05) is 0 Å². The number of halogens is 2. The van der Waals surface area contributed by atoms with Crippen molar-refractivity contribution in [3.05, 3.63) is 62.5 Å². The molecule has 0 radical (unpaired) electrons. The van der Waals surface area contributed by atoms with Gasteiger partial charge in [-0.3, -0.25) is 12.2 Å². The average molecular weight is 339 g/mol. The molecular weight excluding hydrogens is 315 g/mol. The summed E-state index contributed by atoms with van der Waals surface area (Å²) in [6.07, 6.45) is 16.5. The Morgan fingerprint density at radius 1 is 0.889 bits per heavy atom. The van der Waals surface area contributed by atoms with E-state index in [1.807, 2.05) is 39.0 Å². The minimum absolute atomic E-state index is 0. The van der Waals surface area contributed by atoms with Gasteiger partial charge in [-0.15, -0.1) is 51.5 Å². The van der Waals surface area contributed by atoms with Crippen LogP contribution in [0.5, 0.6) is 0 Å². The molecule has 0 saturated carbocycles. The molecule has 2 aliphatic rings. The Kier molecular flexibility index (Phi) is 39.1. The molecule has 0 bridgehead atoms. The van der Waals surface area contributed by atoms with E-state index in [1.54, 1.807) is 0 Å². The molecule has 4 heteroatoms. The zero-order chi connectivity index (χ0) is 10.8. The molecule has 0 N–H and O–H groups in total. The van der Waals surface area contributed by atoms with E-state index < -0.39 is 0 Å². The molecule has 0 aliphatic heterocycles. The Morgan fingerprint density at radius 3 is 1.22 bits per heavy atom. The molecule has 0 heterocycles. The number of hydrogen-bond donors (Lipinski definition) is 0. The van der Waals surface area contributed by atoms with Crippen molar-refractivity contribution < 1.29 is 19.2 Å². The molecule has 0 aromatic heterocycles. The Labute approximate surface area is 140 Å². The van der Waals surface area contributed by atoms with Gasteiger partial charge in [-0.05, 0) is 0 Å². The summed E-state index contributed by atoms with van der Waals surface area (Å²) in [5.74, 6) is 0. The van der Waals surface area contributed by atoms with Gasteiger partial charge in [0.2, 0.25) is 0 Å². The molecule has 0 atom stereocenters. The molecule has 0 nitrogen and oxygen atoms in total. The molecular formula is C14H24Cl2SiTi-4. The predicted molar refractivity (Wildman–Crippen MR) is 88.2 cm³/mol. The normalized spacial score (nSPS) is 12.5. The van der Waals surface area contributed by atoms with E-state index >= 15 is 0 Å². The summed E-state index contributed by atoms with van der Waals surface area (Å²) in [6, 6.07) is 0. The molecule has 2 rings (SSSR count). The van der Waals surface area contributed by atoms with Crippen LogP contribution in [0.25, 0.3) is 0 Å². The predicted octanol–water partition coefficient (Wildman–Crippen LogP) is 4.22. The van der Waals surface area contributed by atoms with Crippen molar-refractivity contribution in [3.63, 3.8) is 0 Å². The monoisotopic (exact) mass is 338 g/mol. The summed E-state index contributed by atoms with van der Waals surface area (Å²) in [5.41, 5.74) is 2.69. The molecule has 0 spiro atoms. The molecule has 106 valence electrons. The Balaban J connectivity index is -0.0000000460. The first-order valence-electron chi connectivity index (χ1n) is 4.61. The van der Waals surface area contributed by atoms with Crippen LogP contribution in [-0.2, 0) is 19.2 Å². The fraction of sp³-hybridized carbons (Fsp3) is 0.286. The van der Waals surface area contributed by atoms with E-state index in [4.69, 9.17) is 0 Å². The third-order valence-corrected chi connectivity index (χ3v) is 1.74. The van der Waals surface area contributed by atoms with Crippen molar-refractivity contribution in [1.82, 2.24) is 0 Å². The maximum absolute atomic E-state index is 3.05. The zero-order valence-electron chi connectivity index (χ0n) is 11.7. The second-order valence-electron chi connectivity index (χ2n) is 3.00. The van der Waals surface area contributed by atoms with Crippen LogP contribution >= 0.6 is 24.8 Å². The van der Waals surface area contributed by atoms with E-state index in [0.717, 1.165) is 12.8 Å². The van der Waals surface area contributed by atoms with Gasteiger partial charge in [0.25, 0.3) is 0 Å². The van der Waals surface area contributed by atoms with E-state index in [-0.39, 0.29) is 39.7 Å². The quantitative estimate of drug-likeness (QED) is 0.458.